The lowest BCUT2D eigenvalue weighted by molar-refractivity contribution is -0.182. The lowest BCUT2D eigenvalue weighted by Crippen LogP contribution is -2.35. The lowest BCUT2D eigenvalue weighted by atomic mass is 9.83. The summed E-state index contributed by atoms with van der Waals surface area (Å²) in [6, 6.07) is 15.3. The van der Waals surface area contributed by atoms with Crippen molar-refractivity contribution in [3.63, 3.8) is 0 Å². The minimum atomic E-state index is -0.308. The molecule has 0 amide bonds. The number of methoxy groups -OCH3 is 2. The van der Waals surface area contributed by atoms with Crippen LogP contribution in [0.15, 0.2) is 58.1 Å². The number of rotatable bonds is 8. The SMILES string of the molecule is COc1ccc2c(C)cc(=O)n(CCC3CCC(=O)CC3)c2c1.COc1ccc2c(C)cc(=O)n(CCC3CCC4(CC3)OCCO4)c2c1. The Balaban J connectivity index is 0.000000171. The highest BCUT2D eigenvalue weighted by Crippen LogP contribution is 2.39. The first-order chi connectivity index (χ1) is 23.7. The molecule has 3 fully saturated rings. The van der Waals surface area contributed by atoms with Crippen molar-refractivity contribution in [1.29, 1.82) is 0 Å². The molecule has 3 aliphatic rings. The van der Waals surface area contributed by atoms with E-state index >= 15 is 0 Å². The fourth-order valence-electron chi connectivity index (χ4n) is 7.87. The number of Topliss-reactive ketones (excluding diaryl/α,β-unsaturated/α-hetero) is 1. The lowest BCUT2D eigenvalue weighted by Gasteiger charge is -2.35. The molecule has 1 spiro atoms. The maximum atomic E-state index is 12.6. The molecule has 1 aliphatic heterocycles. The van der Waals surface area contributed by atoms with E-state index in [2.05, 4.69) is 0 Å². The van der Waals surface area contributed by atoms with Gasteiger partial charge < -0.3 is 28.1 Å². The first kappa shape index (κ1) is 34.9. The maximum absolute atomic E-state index is 12.6. The van der Waals surface area contributed by atoms with Gasteiger partial charge in [-0.2, -0.15) is 0 Å². The molecule has 49 heavy (non-hydrogen) atoms. The van der Waals surface area contributed by atoms with E-state index in [0.29, 0.717) is 37.0 Å². The molecule has 1 saturated heterocycles. The van der Waals surface area contributed by atoms with Crippen molar-refractivity contribution in [1.82, 2.24) is 9.13 Å². The summed E-state index contributed by atoms with van der Waals surface area (Å²) in [6.45, 7) is 6.83. The number of ether oxygens (including phenoxy) is 4. The van der Waals surface area contributed by atoms with Crippen LogP contribution in [0.4, 0.5) is 0 Å². The standard InChI is InChI=1S/C21H27NO4.C19H23NO3/c1-15-13-20(23)22(19-14-17(24-2)3-4-18(15)19)10-7-16-5-8-21(9-6-16)25-11-12-26-21;1-13-11-19(22)20(10-9-14-3-5-15(21)6-4-14)18-12-16(23-2)7-8-17(13)18/h3-4,13-14,16H,5-12H2,1-2H3;7-8,11-12,14H,3-6,9-10H2,1-2H3. The summed E-state index contributed by atoms with van der Waals surface area (Å²) >= 11 is 0. The largest absolute Gasteiger partial charge is 0.497 e. The van der Waals surface area contributed by atoms with Crippen LogP contribution in [-0.4, -0.2) is 48.1 Å². The Morgan fingerprint density at radius 2 is 1.12 bits per heavy atom. The fraction of sp³-hybridized carbons (Fsp3) is 0.525. The average Bonchev–Trinajstić information content (AvgIpc) is 3.57. The highest BCUT2D eigenvalue weighted by Gasteiger charge is 2.40. The Hall–Kier alpha value is -3.95. The molecule has 4 aromatic rings. The summed E-state index contributed by atoms with van der Waals surface area (Å²) in [4.78, 5) is 36.4. The minimum Gasteiger partial charge on any atom is -0.497 e. The van der Waals surface area contributed by atoms with E-state index in [-0.39, 0.29) is 16.9 Å². The molecule has 9 heteroatoms. The molecule has 2 saturated carbocycles. The Bertz CT molecular complexity index is 1900. The predicted molar refractivity (Wildman–Crippen MR) is 192 cm³/mol. The Morgan fingerprint density at radius 3 is 1.57 bits per heavy atom. The van der Waals surface area contributed by atoms with Crippen LogP contribution in [0.1, 0.15) is 75.3 Å². The predicted octanol–water partition coefficient (Wildman–Crippen LogP) is 7.11. The third-order valence-corrected chi connectivity index (χ3v) is 10.9. The van der Waals surface area contributed by atoms with Gasteiger partial charge >= 0.3 is 0 Å². The van der Waals surface area contributed by atoms with E-state index < -0.39 is 0 Å². The van der Waals surface area contributed by atoms with Crippen LogP contribution in [0.25, 0.3) is 21.8 Å². The summed E-state index contributed by atoms with van der Waals surface area (Å²) in [5.74, 6) is 2.77. The van der Waals surface area contributed by atoms with Crippen LogP contribution in [0.3, 0.4) is 0 Å². The van der Waals surface area contributed by atoms with Gasteiger partial charge in [0, 0.05) is 73.8 Å². The number of benzene rings is 2. The first-order valence-electron chi connectivity index (χ1n) is 17.8. The molecule has 3 heterocycles. The van der Waals surface area contributed by atoms with Gasteiger partial charge in [-0.15, -0.1) is 0 Å². The third-order valence-electron chi connectivity index (χ3n) is 10.9. The minimum absolute atomic E-state index is 0.0372. The topological polar surface area (TPSA) is 98.0 Å². The van der Waals surface area contributed by atoms with E-state index in [9.17, 15) is 14.4 Å². The number of carbonyl (C=O) groups is 1. The fourth-order valence-corrected chi connectivity index (χ4v) is 7.87. The van der Waals surface area contributed by atoms with Gasteiger partial charge in [0.2, 0.25) is 0 Å². The smallest absolute Gasteiger partial charge is 0.251 e. The Labute approximate surface area is 288 Å². The van der Waals surface area contributed by atoms with Crippen molar-refractivity contribution in [2.24, 2.45) is 11.8 Å². The molecule has 9 nitrogen and oxygen atoms in total. The van der Waals surface area contributed by atoms with Crippen molar-refractivity contribution in [2.45, 2.75) is 96.9 Å². The molecule has 262 valence electrons. The number of nitrogens with zero attached hydrogens (tertiary/aromatic N) is 2. The van der Waals surface area contributed by atoms with E-state index in [0.717, 1.165) is 116 Å². The number of pyridine rings is 2. The van der Waals surface area contributed by atoms with Crippen molar-refractivity contribution in [2.75, 3.05) is 27.4 Å². The van der Waals surface area contributed by atoms with Crippen molar-refractivity contribution >= 4 is 27.6 Å². The van der Waals surface area contributed by atoms with E-state index in [1.54, 1.807) is 26.4 Å². The van der Waals surface area contributed by atoms with Crippen LogP contribution < -0.4 is 20.6 Å². The van der Waals surface area contributed by atoms with E-state index in [4.69, 9.17) is 18.9 Å². The second-order valence-corrected chi connectivity index (χ2v) is 14.0. The summed E-state index contributed by atoms with van der Waals surface area (Å²) in [5.41, 5.74) is 4.00. The van der Waals surface area contributed by atoms with Gasteiger partial charge in [-0.3, -0.25) is 14.4 Å². The van der Waals surface area contributed by atoms with Crippen molar-refractivity contribution in [3.8, 4) is 11.5 Å². The van der Waals surface area contributed by atoms with Gasteiger partial charge in [-0.1, -0.05) is 0 Å². The van der Waals surface area contributed by atoms with Crippen molar-refractivity contribution < 1.29 is 23.7 Å². The van der Waals surface area contributed by atoms with Crippen LogP contribution in [-0.2, 0) is 27.4 Å². The zero-order valence-corrected chi connectivity index (χ0v) is 29.4. The highest BCUT2D eigenvalue weighted by atomic mass is 16.7. The molecule has 7 rings (SSSR count). The highest BCUT2D eigenvalue weighted by molar-refractivity contribution is 5.84. The number of aromatic nitrogens is 2. The van der Waals surface area contributed by atoms with Gasteiger partial charge in [-0.05, 0) is 99.6 Å². The van der Waals surface area contributed by atoms with Crippen LogP contribution in [0, 0.1) is 25.7 Å². The number of ketones is 1. The van der Waals surface area contributed by atoms with Crippen LogP contribution in [0.5, 0.6) is 11.5 Å². The monoisotopic (exact) mass is 670 g/mol. The summed E-state index contributed by atoms with van der Waals surface area (Å²) in [5, 5.41) is 2.20. The Kier molecular flexibility index (Phi) is 10.9. The molecule has 2 aliphatic carbocycles. The first-order valence-corrected chi connectivity index (χ1v) is 17.8. The Morgan fingerprint density at radius 1 is 0.673 bits per heavy atom. The molecule has 2 aromatic heterocycles. The van der Waals surface area contributed by atoms with Gasteiger partial charge in [0.15, 0.2) is 5.79 Å². The molecule has 0 radical (unpaired) electrons. The van der Waals surface area contributed by atoms with Crippen molar-refractivity contribution in [3.05, 3.63) is 80.4 Å². The molecular weight excluding hydrogens is 620 g/mol. The normalized spacial score (nSPS) is 18.2. The zero-order valence-electron chi connectivity index (χ0n) is 29.4. The van der Waals surface area contributed by atoms with Gasteiger partial charge in [0.05, 0.1) is 38.5 Å². The number of carbonyl (C=O) groups excluding carboxylic acids is 1. The quantitative estimate of drug-likeness (QED) is 0.197. The summed E-state index contributed by atoms with van der Waals surface area (Å²) in [6.07, 6.45) is 9.40. The second kappa shape index (κ2) is 15.3. The zero-order chi connectivity index (χ0) is 34.5. The summed E-state index contributed by atoms with van der Waals surface area (Å²) < 4.78 is 26.1. The van der Waals surface area contributed by atoms with Gasteiger partial charge in [-0.25, -0.2) is 0 Å². The molecule has 0 unspecified atom stereocenters. The summed E-state index contributed by atoms with van der Waals surface area (Å²) in [7, 11) is 3.29. The second-order valence-electron chi connectivity index (χ2n) is 14.0. The van der Waals surface area contributed by atoms with Crippen LogP contribution >= 0.6 is 0 Å². The van der Waals surface area contributed by atoms with E-state index in [1.807, 2.05) is 59.4 Å². The third kappa shape index (κ3) is 7.94. The van der Waals surface area contributed by atoms with Gasteiger partial charge in [0.25, 0.3) is 11.1 Å². The molecule has 0 bridgehead atoms. The molecule has 0 N–H and O–H groups in total. The van der Waals surface area contributed by atoms with Gasteiger partial charge in [0.1, 0.15) is 17.3 Å². The van der Waals surface area contributed by atoms with Crippen LogP contribution in [0.2, 0.25) is 0 Å². The number of aryl methyl sites for hydroxylation is 4. The van der Waals surface area contributed by atoms with E-state index in [1.165, 1.54) is 0 Å². The molecule has 2 aromatic carbocycles. The average molecular weight is 671 g/mol. The molecular formula is C40H50N2O7. The number of fused-ring (bicyclic) bond motifs is 2. The molecule has 0 atom stereocenters. The number of hydrogen-bond acceptors (Lipinski definition) is 7. The number of hydrogen-bond donors (Lipinski definition) is 0. The maximum Gasteiger partial charge on any atom is 0.251 e.